The molecule has 0 saturated heterocycles. The van der Waals surface area contributed by atoms with Crippen LogP contribution in [0.5, 0.6) is 0 Å². The highest BCUT2D eigenvalue weighted by molar-refractivity contribution is 14.0. The minimum Gasteiger partial charge on any atom is -0.361 e. The molecule has 2 heterocycles. The molecule has 0 spiro atoms. The summed E-state index contributed by atoms with van der Waals surface area (Å²) in [5.74, 6) is 0.546. The third kappa shape index (κ3) is 5.84. The van der Waals surface area contributed by atoms with Gasteiger partial charge >= 0.3 is 0 Å². The fraction of sp³-hybridized carbons (Fsp3) is 0.217. The summed E-state index contributed by atoms with van der Waals surface area (Å²) in [6, 6.07) is 14.9. The number of fused-ring (bicyclic) bond motifs is 1. The van der Waals surface area contributed by atoms with Gasteiger partial charge in [0, 0.05) is 42.6 Å². The zero-order valence-corrected chi connectivity index (χ0v) is 19.6. The third-order valence-electron chi connectivity index (χ3n) is 4.89. The first-order valence-corrected chi connectivity index (χ1v) is 10.1. The largest absolute Gasteiger partial charge is 0.361 e. The van der Waals surface area contributed by atoms with Crippen LogP contribution in [-0.4, -0.2) is 33.8 Å². The highest BCUT2D eigenvalue weighted by Crippen LogP contribution is 2.19. The van der Waals surface area contributed by atoms with Crippen molar-refractivity contribution < 1.29 is 4.39 Å². The molecule has 0 aliphatic rings. The lowest BCUT2D eigenvalue weighted by molar-refractivity contribution is 0.629. The highest BCUT2D eigenvalue weighted by Gasteiger charge is 2.06. The van der Waals surface area contributed by atoms with E-state index < -0.39 is 0 Å². The predicted molar refractivity (Wildman–Crippen MR) is 134 cm³/mol. The lowest BCUT2D eigenvalue weighted by Crippen LogP contribution is -2.38. The number of halogens is 2. The van der Waals surface area contributed by atoms with Crippen LogP contribution in [0.2, 0.25) is 0 Å². The van der Waals surface area contributed by atoms with Crippen LogP contribution in [0.15, 0.2) is 72.1 Å². The molecule has 2 aromatic carbocycles. The number of benzene rings is 2. The monoisotopic (exact) mass is 532 g/mol. The fourth-order valence-electron chi connectivity index (χ4n) is 3.36. The minimum absolute atomic E-state index is 0. The second-order valence-corrected chi connectivity index (χ2v) is 6.99. The van der Waals surface area contributed by atoms with Crippen molar-refractivity contribution in [2.75, 3.05) is 13.1 Å². The smallest absolute Gasteiger partial charge is 0.191 e. The highest BCUT2D eigenvalue weighted by atomic mass is 127. The summed E-state index contributed by atoms with van der Waals surface area (Å²) in [5, 5.41) is 11.8. The fourth-order valence-corrected chi connectivity index (χ4v) is 3.36. The van der Waals surface area contributed by atoms with E-state index in [4.69, 9.17) is 0 Å². The van der Waals surface area contributed by atoms with E-state index in [1.54, 1.807) is 18.3 Å². The van der Waals surface area contributed by atoms with E-state index in [1.165, 1.54) is 6.07 Å². The molecule has 3 N–H and O–H groups in total. The molecule has 4 aromatic rings. The van der Waals surface area contributed by atoms with Crippen LogP contribution in [0.25, 0.3) is 16.6 Å². The van der Waals surface area contributed by atoms with Gasteiger partial charge in [-0.1, -0.05) is 12.1 Å². The molecule has 0 unspecified atom stereocenters. The molecular weight excluding hydrogens is 506 g/mol. The average Bonchev–Trinajstić information content (AvgIpc) is 3.43. The summed E-state index contributed by atoms with van der Waals surface area (Å²) < 4.78 is 15.4. The first-order valence-electron chi connectivity index (χ1n) is 10.1. The number of hydrogen-bond donors (Lipinski definition) is 3. The normalized spacial score (nSPS) is 11.4. The summed E-state index contributed by atoms with van der Waals surface area (Å²) in [7, 11) is 0. The number of nitrogens with one attached hydrogen (secondary N) is 3. The van der Waals surface area contributed by atoms with Crippen LogP contribution in [0.3, 0.4) is 0 Å². The lowest BCUT2D eigenvalue weighted by Gasteiger charge is -2.11. The van der Waals surface area contributed by atoms with Crippen molar-refractivity contribution in [2.45, 2.75) is 19.9 Å². The average molecular weight is 532 g/mol. The van der Waals surface area contributed by atoms with Crippen molar-refractivity contribution in [3.8, 4) is 5.69 Å². The summed E-state index contributed by atoms with van der Waals surface area (Å²) >= 11 is 0. The molecule has 6 nitrogen and oxygen atoms in total. The van der Waals surface area contributed by atoms with Crippen molar-refractivity contribution in [2.24, 2.45) is 4.99 Å². The number of aliphatic imine (C=N–C) groups is 1. The molecule has 0 saturated carbocycles. The number of rotatable bonds is 7. The maximum absolute atomic E-state index is 13.5. The standard InChI is InChI=1S/C23H25FN6.HI/c1-2-25-23(26-12-10-18-16-27-22-9-6-19(24)14-21(18)22)28-15-17-4-7-20(8-5-17)30-13-3-11-29-30;/h3-9,11,13-14,16,27H,2,10,12,15H2,1H3,(H2,25,26,28);1H. The zero-order valence-electron chi connectivity index (χ0n) is 17.3. The Bertz CT molecular complexity index is 1120. The topological polar surface area (TPSA) is 70.0 Å². The van der Waals surface area contributed by atoms with Gasteiger partial charge in [0.25, 0.3) is 0 Å². The molecular formula is C23H26FIN6. The van der Waals surface area contributed by atoms with Gasteiger partial charge in [0.2, 0.25) is 0 Å². The molecule has 4 rings (SSSR count). The molecule has 0 aliphatic heterocycles. The molecule has 31 heavy (non-hydrogen) atoms. The Labute approximate surface area is 198 Å². The quantitative estimate of drug-likeness (QED) is 0.188. The summed E-state index contributed by atoms with van der Waals surface area (Å²) in [4.78, 5) is 7.87. The Morgan fingerprint density at radius 3 is 2.74 bits per heavy atom. The lowest BCUT2D eigenvalue weighted by atomic mass is 10.1. The Hall–Kier alpha value is -2.88. The Balaban J connectivity index is 0.00000272. The minimum atomic E-state index is -0.218. The molecule has 0 amide bonds. The van der Waals surface area contributed by atoms with Gasteiger partial charge in [-0.15, -0.1) is 24.0 Å². The van der Waals surface area contributed by atoms with E-state index in [0.29, 0.717) is 13.1 Å². The van der Waals surface area contributed by atoms with Crippen LogP contribution in [0, 0.1) is 5.82 Å². The van der Waals surface area contributed by atoms with Crippen LogP contribution in [-0.2, 0) is 13.0 Å². The van der Waals surface area contributed by atoms with E-state index in [9.17, 15) is 4.39 Å². The first kappa shape index (κ1) is 22.8. The number of nitrogens with zero attached hydrogens (tertiary/aromatic N) is 3. The number of hydrogen-bond acceptors (Lipinski definition) is 2. The molecule has 0 aliphatic carbocycles. The molecule has 0 atom stereocenters. The Kier molecular flexibility index (Phi) is 8.05. The van der Waals surface area contributed by atoms with Crippen molar-refractivity contribution in [3.63, 3.8) is 0 Å². The van der Waals surface area contributed by atoms with Crippen LogP contribution >= 0.6 is 24.0 Å². The zero-order chi connectivity index (χ0) is 20.8. The molecule has 0 bridgehead atoms. The van der Waals surface area contributed by atoms with Crippen LogP contribution in [0.4, 0.5) is 4.39 Å². The number of H-pyrrole nitrogens is 1. The maximum Gasteiger partial charge on any atom is 0.191 e. The summed E-state index contributed by atoms with van der Waals surface area (Å²) in [6.45, 7) is 4.10. The Morgan fingerprint density at radius 1 is 1.16 bits per heavy atom. The summed E-state index contributed by atoms with van der Waals surface area (Å²) in [6.07, 6.45) is 6.39. The van der Waals surface area contributed by atoms with Crippen LogP contribution in [0.1, 0.15) is 18.1 Å². The van der Waals surface area contributed by atoms with Gasteiger partial charge in [-0.05, 0) is 60.9 Å². The van der Waals surface area contributed by atoms with E-state index in [2.05, 4.69) is 37.8 Å². The predicted octanol–water partition coefficient (Wildman–Crippen LogP) is 4.41. The van der Waals surface area contributed by atoms with E-state index in [-0.39, 0.29) is 29.8 Å². The SMILES string of the molecule is CCNC(=NCc1ccc(-n2cccn2)cc1)NCCc1c[nH]c2ccc(F)cc12.I. The molecule has 162 valence electrons. The molecule has 0 radical (unpaired) electrons. The van der Waals surface area contributed by atoms with E-state index in [0.717, 1.165) is 46.6 Å². The maximum atomic E-state index is 13.5. The van der Waals surface area contributed by atoms with E-state index >= 15 is 0 Å². The third-order valence-corrected chi connectivity index (χ3v) is 4.89. The number of aromatic nitrogens is 3. The first-order chi connectivity index (χ1) is 14.7. The molecule has 0 fully saturated rings. The van der Waals surface area contributed by atoms with Gasteiger partial charge in [0.1, 0.15) is 5.82 Å². The van der Waals surface area contributed by atoms with Gasteiger partial charge in [-0.3, -0.25) is 0 Å². The van der Waals surface area contributed by atoms with Gasteiger partial charge in [0.15, 0.2) is 5.96 Å². The van der Waals surface area contributed by atoms with Gasteiger partial charge in [-0.25, -0.2) is 14.1 Å². The second-order valence-electron chi connectivity index (χ2n) is 6.99. The van der Waals surface area contributed by atoms with Crippen molar-refractivity contribution in [1.29, 1.82) is 0 Å². The van der Waals surface area contributed by atoms with Crippen molar-refractivity contribution in [3.05, 3.63) is 84.1 Å². The second kappa shape index (κ2) is 10.9. The number of guanidine groups is 1. The molecule has 2 aromatic heterocycles. The van der Waals surface area contributed by atoms with Crippen LogP contribution < -0.4 is 10.6 Å². The van der Waals surface area contributed by atoms with Crippen molar-refractivity contribution >= 4 is 40.8 Å². The molecule has 8 heteroatoms. The van der Waals surface area contributed by atoms with Gasteiger partial charge in [-0.2, -0.15) is 5.10 Å². The van der Waals surface area contributed by atoms with E-state index in [1.807, 2.05) is 42.2 Å². The van der Waals surface area contributed by atoms with Gasteiger partial charge < -0.3 is 15.6 Å². The van der Waals surface area contributed by atoms with Gasteiger partial charge in [0.05, 0.1) is 12.2 Å². The summed E-state index contributed by atoms with van der Waals surface area (Å²) in [5.41, 5.74) is 4.18. The van der Waals surface area contributed by atoms with Crippen molar-refractivity contribution in [1.82, 2.24) is 25.4 Å². The number of aromatic amines is 1. The Morgan fingerprint density at radius 2 is 2.00 bits per heavy atom.